The third-order valence-electron chi connectivity index (χ3n) is 18.5. The second-order valence-electron chi connectivity index (χ2n) is 26.7. The maximum absolute atomic E-state index is 14.7. The van der Waals surface area contributed by atoms with E-state index in [-0.39, 0.29) is 74.8 Å². The van der Waals surface area contributed by atoms with Crippen molar-refractivity contribution in [3.05, 3.63) is 289 Å². The Balaban J connectivity index is 0.000000145. The van der Waals surface area contributed by atoms with Crippen molar-refractivity contribution >= 4 is 85.5 Å². The first kappa shape index (κ1) is 84.1. The SMILES string of the molecule is CC1(C)OB(c2cc(F)c3c(c2)CNC3=O)OC1(C)C.COc1ccc(CCl)nc1.COc1ccc(COc2cc(F)c3c(c2)CC(c2ccc(=O)n(C)n2)C3=O)cc1.COc1ccc(COc2cc(F)c3c(c2)CNC3=O)cc1.Cn1nc(Br)ccc1=O.O=C1NCc2cc(Br)cc(F)c21.O=C1NCc2cc(O)cc(F)c21. The van der Waals surface area contributed by atoms with E-state index < -0.39 is 59.2 Å². The van der Waals surface area contributed by atoms with E-state index in [1.54, 1.807) is 64.9 Å². The lowest BCUT2D eigenvalue weighted by Gasteiger charge is -2.32. The summed E-state index contributed by atoms with van der Waals surface area (Å²) < 4.78 is 111. The van der Waals surface area contributed by atoms with E-state index in [0.29, 0.717) is 105 Å². The first-order valence-electron chi connectivity index (χ1n) is 34.6. The smallest absolute Gasteiger partial charge is 0.494 e. The molecule has 0 saturated carbocycles. The topological polar surface area (TPSA) is 301 Å². The summed E-state index contributed by atoms with van der Waals surface area (Å²) in [6.45, 7) is 9.77. The number of phenols is 1. The zero-order valence-electron chi connectivity index (χ0n) is 62.2. The van der Waals surface area contributed by atoms with E-state index in [1.807, 2.05) is 88.4 Å². The molecule has 113 heavy (non-hydrogen) atoms. The molecule has 0 bridgehead atoms. The summed E-state index contributed by atoms with van der Waals surface area (Å²) in [5, 5.41) is 27.2. The molecule has 6 aliphatic rings. The number of fused-ring (bicyclic) bond motifs is 5. The second-order valence-corrected chi connectivity index (χ2v) is 28.7. The molecule has 0 radical (unpaired) electrons. The normalized spacial score (nSPS) is 15.0. The second kappa shape index (κ2) is 36.9. The minimum absolute atomic E-state index is 0.0489. The van der Waals surface area contributed by atoms with Gasteiger partial charge in [0.1, 0.15) is 81.4 Å². The number of nitrogens with one attached hydrogen (secondary N) is 4. The van der Waals surface area contributed by atoms with Crippen LogP contribution >= 0.6 is 43.5 Å². The number of Topliss-reactive ketones (excluding diaryl/α,β-unsaturated/α-hetero) is 1. The number of pyridine rings is 1. The molecule has 8 heterocycles. The number of ether oxygens (including phenoxy) is 5. The summed E-state index contributed by atoms with van der Waals surface area (Å²) in [4.78, 5) is 83.9. The van der Waals surface area contributed by atoms with Crippen LogP contribution in [0.1, 0.15) is 136 Å². The van der Waals surface area contributed by atoms with E-state index in [4.69, 9.17) is 49.7 Å². The van der Waals surface area contributed by atoms with Gasteiger partial charge in [0.25, 0.3) is 34.7 Å². The first-order valence-corrected chi connectivity index (χ1v) is 36.7. The number of nitrogens with zero attached hydrogens (tertiary/aromatic N) is 5. The van der Waals surface area contributed by atoms with E-state index >= 15 is 0 Å². The molecule has 10 aromatic rings. The van der Waals surface area contributed by atoms with Gasteiger partial charge in [-0.15, -0.1) is 11.6 Å². The molecule has 7 aromatic carbocycles. The van der Waals surface area contributed by atoms with Gasteiger partial charge in [-0.05, 0) is 179 Å². The lowest BCUT2D eigenvalue weighted by atomic mass is 9.77. The van der Waals surface area contributed by atoms with Gasteiger partial charge in [-0.25, -0.2) is 31.3 Å². The highest BCUT2D eigenvalue weighted by Gasteiger charge is 2.52. The number of aromatic nitrogens is 5. The predicted molar refractivity (Wildman–Crippen MR) is 414 cm³/mol. The number of hydrogen-bond donors (Lipinski definition) is 5. The molecule has 16 rings (SSSR count). The maximum atomic E-state index is 14.7. The van der Waals surface area contributed by atoms with Gasteiger partial charge in [0.15, 0.2) is 5.78 Å². The van der Waals surface area contributed by atoms with Crippen LogP contribution in [0.4, 0.5) is 22.0 Å². The number of benzene rings is 7. The Hall–Kier alpha value is -11.3. The van der Waals surface area contributed by atoms with Crippen LogP contribution in [-0.4, -0.2) is 98.7 Å². The third kappa shape index (κ3) is 20.7. The number of carbonyl (C=O) groups excluding carboxylic acids is 5. The third-order valence-corrected chi connectivity index (χ3v) is 19.7. The zero-order chi connectivity index (χ0) is 81.8. The molecule has 24 nitrogen and oxygen atoms in total. The molecule has 1 saturated heterocycles. The van der Waals surface area contributed by atoms with Crippen molar-refractivity contribution in [2.75, 3.05) is 21.3 Å². The average Bonchev–Trinajstić information content (AvgIpc) is 1.62. The molecule has 1 fully saturated rings. The molecule has 0 spiro atoms. The van der Waals surface area contributed by atoms with Gasteiger partial charge in [-0.1, -0.05) is 46.3 Å². The number of alkyl halides is 1. The van der Waals surface area contributed by atoms with Crippen LogP contribution in [0.15, 0.2) is 170 Å². The van der Waals surface area contributed by atoms with Gasteiger partial charge >= 0.3 is 7.12 Å². The van der Waals surface area contributed by atoms with Crippen molar-refractivity contribution in [1.29, 1.82) is 0 Å². The summed E-state index contributed by atoms with van der Waals surface area (Å²) in [6, 6.07) is 38.8. The average molecular weight is 1700 g/mol. The van der Waals surface area contributed by atoms with Crippen LogP contribution < -0.4 is 61.5 Å². The molecule has 4 amide bonds. The van der Waals surface area contributed by atoms with Crippen molar-refractivity contribution in [2.24, 2.45) is 14.1 Å². The monoisotopic (exact) mass is 1700 g/mol. The fraction of sp³-hybridized carbons (Fsp3) is 0.250. The number of amides is 4. The largest absolute Gasteiger partial charge is 0.508 e. The Labute approximate surface area is 666 Å². The number of hydrogen-bond acceptors (Lipinski definition) is 18. The molecule has 1 atom stereocenters. The molecule has 3 aromatic heterocycles. The number of aromatic hydroxyl groups is 1. The van der Waals surface area contributed by atoms with E-state index in [2.05, 4.69) is 68.3 Å². The molecule has 588 valence electrons. The minimum atomic E-state index is -0.667. The standard InChI is InChI=1S/C22H19FN2O4.C16H14FNO3.C14H17BFNO3.C8H5BrFNO.C8H6FNO2.C7H8ClNO.C5H5BrN2O/c1-25-20(26)8-7-19(24-25)17-10-14-9-16(11-18(23)21(14)22(17)27)29-12-13-3-5-15(28-2)6-4-13;1-20-12-4-2-10(3-5-12)9-21-13-6-11-8-18-16(19)15(11)14(17)7-13;1-13(2)14(3,4)20-15(19-13)9-5-8-7-17-12(18)11(8)10(16)6-9;9-5-1-4-3-11-8(12)7(4)6(10)2-5;9-6-2-5(11)1-4-3-10-8(12)7(4)6;1-10-7-3-2-6(4-8)9-5-7;1-8-5(9)3-2-4(6)7-8/h3-9,11,17H,10,12H2,1-2H3;2-7H,8-9H2,1H3,(H,18,19);5-6H,7H2,1-4H3,(H,17,18);1-2H,3H2,(H,11,12);1-2,11H,3H2,(H,10,12);2-3,5H,4H2,1H3;2-3H,1H3. The number of methoxy groups -OCH3 is 3. The molecular formula is C80H74BBr2ClF5N9O15. The van der Waals surface area contributed by atoms with Crippen molar-refractivity contribution in [3.63, 3.8) is 0 Å². The van der Waals surface area contributed by atoms with Crippen molar-refractivity contribution in [1.82, 2.24) is 45.8 Å². The fourth-order valence-corrected chi connectivity index (χ4v) is 12.9. The van der Waals surface area contributed by atoms with E-state index in [1.165, 1.54) is 64.9 Å². The highest BCUT2D eigenvalue weighted by molar-refractivity contribution is 9.10. The fourth-order valence-electron chi connectivity index (χ4n) is 11.9. The van der Waals surface area contributed by atoms with E-state index in [9.17, 15) is 55.5 Å². The Bertz CT molecular complexity index is 5270. The van der Waals surface area contributed by atoms with Crippen LogP contribution in [-0.2, 0) is 75.1 Å². The highest BCUT2D eigenvalue weighted by atomic mass is 79.9. The molecule has 33 heteroatoms. The van der Waals surface area contributed by atoms with Crippen LogP contribution in [0.2, 0.25) is 0 Å². The molecule has 1 unspecified atom stereocenters. The molecule has 5 aliphatic heterocycles. The number of halogens is 8. The van der Waals surface area contributed by atoms with Gasteiger partial charge in [0.05, 0.1) is 89.7 Å². The summed E-state index contributed by atoms with van der Waals surface area (Å²) >= 11 is 11.8. The Morgan fingerprint density at radius 1 is 0.504 bits per heavy atom. The number of aryl methyl sites for hydroxylation is 2. The Morgan fingerprint density at radius 2 is 0.929 bits per heavy atom. The number of ketones is 1. The lowest BCUT2D eigenvalue weighted by molar-refractivity contribution is 0.00578. The summed E-state index contributed by atoms with van der Waals surface area (Å²) in [6.07, 6.45) is 1.97. The Morgan fingerprint density at radius 3 is 1.39 bits per heavy atom. The number of rotatable bonds is 12. The predicted octanol–water partition coefficient (Wildman–Crippen LogP) is 12.0. The van der Waals surface area contributed by atoms with Gasteiger partial charge in [-0.3, -0.25) is 38.5 Å². The van der Waals surface area contributed by atoms with Gasteiger partial charge in [0.2, 0.25) is 0 Å². The number of phenolic OH excluding ortho intramolecular Hbond substituents is 1. The summed E-state index contributed by atoms with van der Waals surface area (Å²) in [7, 11) is 7.32. The van der Waals surface area contributed by atoms with Crippen LogP contribution in [0.5, 0.6) is 34.5 Å². The minimum Gasteiger partial charge on any atom is -0.508 e. The van der Waals surface area contributed by atoms with Crippen LogP contribution in [0, 0.1) is 29.1 Å². The lowest BCUT2D eigenvalue weighted by Crippen LogP contribution is -2.41. The van der Waals surface area contributed by atoms with Gasteiger partial charge in [0, 0.05) is 75.1 Å². The van der Waals surface area contributed by atoms with Crippen molar-refractivity contribution < 1.29 is 84.0 Å². The maximum Gasteiger partial charge on any atom is 0.494 e. The number of carbonyl (C=O) groups is 5. The highest BCUT2D eigenvalue weighted by Crippen LogP contribution is 2.39. The van der Waals surface area contributed by atoms with Gasteiger partial charge in [-0.2, -0.15) is 10.2 Å². The first-order chi connectivity index (χ1) is 53.8. The molecular weight excluding hydrogens is 1630 g/mol. The van der Waals surface area contributed by atoms with Crippen LogP contribution in [0.3, 0.4) is 0 Å². The van der Waals surface area contributed by atoms with Crippen molar-refractivity contribution in [3.8, 4) is 34.5 Å². The molecule has 1 aliphatic carbocycles. The van der Waals surface area contributed by atoms with Gasteiger partial charge < -0.3 is 59.4 Å². The van der Waals surface area contributed by atoms with Crippen LogP contribution in [0.25, 0.3) is 0 Å². The Kier molecular flexibility index (Phi) is 27.5. The van der Waals surface area contributed by atoms with Crippen molar-refractivity contribution in [2.45, 2.75) is 96.5 Å². The summed E-state index contributed by atoms with van der Waals surface area (Å²) in [5.41, 5.74) is 6.12. The molecule has 5 N–H and O–H groups in total. The quantitative estimate of drug-likeness (QED) is 0.0431. The zero-order valence-corrected chi connectivity index (χ0v) is 66.1. The summed E-state index contributed by atoms with van der Waals surface area (Å²) in [5.74, 6) is -1.87. The van der Waals surface area contributed by atoms with E-state index in [0.717, 1.165) is 40.1 Å².